The summed E-state index contributed by atoms with van der Waals surface area (Å²) in [5.74, 6) is 0. The molecule has 0 aliphatic heterocycles. The van der Waals surface area contributed by atoms with E-state index in [-0.39, 0.29) is 17.8 Å². The molecule has 1 heterocycles. The van der Waals surface area contributed by atoms with Crippen molar-refractivity contribution in [2.75, 3.05) is 0 Å². The van der Waals surface area contributed by atoms with Crippen LogP contribution in [0.5, 0.6) is 0 Å². The van der Waals surface area contributed by atoms with Gasteiger partial charge in [0.1, 0.15) is 5.15 Å². The molecule has 1 N–H and O–H groups in total. The molecule has 0 radical (unpaired) electrons. The largest absolute Gasteiger partial charge is 0.352 e. The number of hydrogen-bond acceptors (Lipinski definition) is 1. The number of aromatic nitrogens is 1. The predicted octanol–water partition coefficient (Wildman–Crippen LogP) is 1.45. The van der Waals surface area contributed by atoms with Crippen molar-refractivity contribution in [3.8, 4) is 0 Å². The summed E-state index contributed by atoms with van der Waals surface area (Å²) in [6, 6.07) is 2.73. The highest BCUT2D eigenvalue weighted by atomic mass is 35.5. The van der Waals surface area contributed by atoms with Gasteiger partial charge < -0.3 is 4.98 Å². The van der Waals surface area contributed by atoms with E-state index in [1.54, 1.807) is 0 Å². The minimum Gasteiger partial charge on any atom is -0.352 e. The van der Waals surface area contributed by atoms with Gasteiger partial charge in [-0.15, -0.1) is 12.4 Å². The van der Waals surface area contributed by atoms with Gasteiger partial charge in [0.15, 0.2) is 5.43 Å². The zero-order valence-corrected chi connectivity index (χ0v) is 6.00. The SMILES string of the molecule is Cl.O=c1cc[nH]c(Cl)c1. The minimum atomic E-state index is -0.0752. The van der Waals surface area contributed by atoms with Crippen LogP contribution in [0.3, 0.4) is 0 Å². The van der Waals surface area contributed by atoms with E-state index in [0.29, 0.717) is 5.15 Å². The van der Waals surface area contributed by atoms with Crippen LogP contribution in [-0.4, -0.2) is 4.98 Å². The van der Waals surface area contributed by atoms with E-state index >= 15 is 0 Å². The summed E-state index contributed by atoms with van der Waals surface area (Å²) in [5, 5.41) is 0.373. The second-order valence-electron chi connectivity index (χ2n) is 1.37. The average molecular weight is 166 g/mol. The van der Waals surface area contributed by atoms with Crippen molar-refractivity contribution < 1.29 is 0 Å². The normalized spacial score (nSPS) is 8.11. The summed E-state index contributed by atoms with van der Waals surface area (Å²) in [7, 11) is 0. The van der Waals surface area contributed by atoms with Gasteiger partial charge in [-0.2, -0.15) is 0 Å². The first kappa shape index (κ1) is 8.53. The fourth-order valence-electron chi connectivity index (χ4n) is 0.418. The maximum atomic E-state index is 10.4. The van der Waals surface area contributed by atoms with Gasteiger partial charge in [0, 0.05) is 18.3 Å². The number of pyridine rings is 1. The fourth-order valence-corrected chi connectivity index (χ4v) is 0.589. The van der Waals surface area contributed by atoms with Crippen molar-refractivity contribution in [2.45, 2.75) is 0 Å². The Bertz CT molecular complexity index is 232. The third-order valence-corrected chi connectivity index (χ3v) is 0.956. The molecule has 1 aromatic rings. The predicted molar refractivity (Wildman–Crippen MR) is 39.3 cm³/mol. The van der Waals surface area contributed by atoms with Gasteiger partial charge >= 0.3 is 0 Å². The third-order valence-electron chi connectivity index (χ3n) is 0.738. The van der Waals surface area contributed by atoms with Crippen molar-refractivity contribution in [1.29, 1.82) is 0 Å². The molecule has 0 fully saturated rings. The highest BCUT2D eigenvalue weighted by Crippen LogP contribution is 1.94. The molecule has 0 saturated heterocycles. The van der Waals surface area contributed by atoms with Gasteiger partial charge in [-0.1, -0.05) is 11.6 Å². The van der Waals surface area contributed by atoms with Gasteiger partial charge in [-0.3, -0.25) is 4.79 Å². The average Bonchev–Trinajstić information content (AvgIpc) is 1.64. The van der Waals surface area contributed by atoms with E-state index in [1.807, 2.05) is 0 Å². The second kappa shape index (κ2) is 3.54. The highest BCUT2D eigenvalue weighted by molar-refractivity contribution is 6.29. The summed E-state index contributed by atoms with van der Waals surface area (Å²) >= 11 is 5.39. The van der Waals surface area contributed by atoms with E-state index in [0.717, 1.165) is 0 Å². The Hall–Kier alpha value is -0.470. The molecule has 0 saturated carbocycles. The molecule has 9 heavy (non-hydrogen) atoms. The maximum Gasteiger partial charge on any atom is 0.183 e. The first-order valence-electron chi connectivity index (χ1n) is 2.13. The molecule has 0 aliphatic rings. The number of rotatable bonds is 0. The molecule has 0 aliphatic carbocycles. The summed E-state index contributed by atoms with van der Waals surface area (Å²) < 4.78 is 0. The molecule has 0 spiro atoms. The summed E-state index contributed by atoms with van der Waals surface area (Å²) in [6.07, 6.45) is 1.50. The van der Waals surface area contributed by atoms with Gasteiger partial charge in [-0.05, 0) is 0 Å². The van der Waals surface area contributed by atoms with Crippen LogP contribution in [0.25, 0.3) is 0 Å². The molecule has 4 heteroatoms. The van der Waals surface area contributed by atoms with Crippen LogP contribution in [0.2, 0.25) is 5.15 Å². The van der Waals surface area contributed by atoms with Crippen molar-refractivity contribution >= 4 is 24.0 Å². The van der Waals surface area contributed by atoms with Gasteiger partial charge in [-0.25, -0.2) is 0 Å². The molecule has 0 unspecified atom stereocenters. The molecule has 0 amide bonds. The van der Waals surface area contributed by atoms with Crippen LogP contribution in [0.1, 0.15) is 0 Å². The summed E-state index contributed by atoms with van der Waals surface area (Å²) in [6.45, 7) is 0. The van der Waals surface area contributed by atoms with Crippen LogP contribution in [0.4, 0.5) is 0 Å². The Morgan fingerprint density at radius 3 is 2.56 bits per heavy atom. The van der Waals surface area contributed by atoms with Gasteiger partial charge in [0.05, 0.1) is 0 Å². The van der Waals surface area contributed by atoms with Crippen LogP contribution in [0, 0.1) is 0 Å². The van der Waals surface area contributed by atoms with Crippen LogP contribution in [-0.2, 0) is 0 Å². The first-order chi connectivity index (χ1) is 3.79. The van der Waals surface area contributed by atoms with Gasteiger partial charge in [0.25, 0.3) is 0 Å². The standard InChI is InChI=1S/C5H4ClNO.ClH/c6-5-3-4(8)1-2-7-5;/h1-3H,(H,7,8);1H. The highest BCUT2D eigenvalue weighted by Gasteiger charge is 1.82. The van der Waals surface area contributed by atoms with E-state index < -0.39 is 0 Å². The third kappa shape index (κ3) is 2.54. The Balaban J connectivity index is 0.000000640. The molecule has 2 nitrogen and oxygen atoms in total. The van der Waals surface area contributed by atoms with E-state index in [9.17, 15) is 4.79 Å². The molecular weight excluding hydrogens is 161 g/mol. The Morgan fingerprint density at radius 2 is 2.22 bits per heavy atom. The zero-order valence-electron chi connectivity index (χ0n) is 4.43. The molecule has 0 bridgehead atoms. The molecule has 1 aromatic heterocycles. The minimum absolute atomic E-state index is 0. The van der Waals surface area contributed by atoms with Crippen molar-refractivity contribution in [3.63, 3.8) is 0 Å². The number of H-pyrrole nitrogens is 1. The van der Waals surface area contributed by atoms with Crippen molar-refractivity contribution in [2.24, 2.45) is 0 Å². The molecule has 50 valence electrons. The molecule has 1 rings (SSSR count). The smallest absolute Gasteiger partial charge is 0.183 e. The summed E-state index contributed by atoms with van der Waals surface area (Å²) in [4.78, 5) is 13.0. The first-order valence-corrected chi connectivity index (χ1v) is 2.51. The zero-order chi connectivity index (χ0) is 5.98. The number of halogens is 2. The Morgan fingerprint density at radius 1 is 1.56 bits per heavy atom. The Labute approximate surface area is 63.3 Å². The lowest BCUT2D eigenvalue weighted by molar-refractivity contribution is 1.30. The second-order valence-corrected chi connectivity index (χ2v) is 1.78. The number of nitrogens with one attached hydrogen (secondary N) is 1. The van der Waals surface area contributed by atoms with E-state index in [1.165, 1.54) is 18.3 Å². The monoisotopic (exact) mass is 165 g/mol. The molecule has 0 atom stereocenters. The molecular formula is C5H5Cl2NO. The lowest BCUT2D eigenvalue weighted by Gasteiger charge is -1.82. The Kier molecular flexibility index (Phi) is 3.35. The van der Waals surface area contributed by atoms with Crippen LogP contribution >= 0.6 is 24.0 Å². The fraction of sp³-hybridized carbons (Fsp3) is 0. The van der Waals surface area contributed by atoms with Gasteiger partial charge in [0.2, 0.25) is 0 Å². The van der Waals surface area contributed by atoms with Crippen molar-refractivity contribution in [1.82, 2.24) is 4.98 Å². The topological polar surface area (TPSA) is 32.9 Å². The number of hydrogen-bond donors (Lipinski definition) is 1. The molecule has 0 aromatic carbocycles. The summed E-state index contributed by atoms with van der Waals surface area (Å²) in [5.41, 5.74) is -0.0752. The van der Waals surface area contributed by atoms with Crippen LogP contribution in [0.15, 0.2) is 23.1 Å². The lowest BCUT2D eigenvalue weighted by Crippen LogP contribution is -1.94. The van der Waals surface area contributed by atoms with E-state index in [2.05, 4.69) is 4.98 Å². The maximum absolute atomic E-state index is 10.4. The lowest BCUT2D eigenvalue weighted by atomic mass is 10.5. The van der Waals surface area contributed by atoms with Crippen LogP contribution < -0.4 is 5.43 Å². The quantitative estimate of drug-likeness (QED) is 0.581. The van der Waals surface area contributed by atoms with E-state index in [4.69, 9.17) is 11.6 Å². The number of aromatic amines is 1. The van der Waals surface area contributed by atoms with Crippen molar-refractivity contribution in [3.05, 3.63) is 33.7 Å².